The Morgan fingerprint density at radius 3 is 2.58 bits per heavy atom. The molecule has 0 saturated heterocycles. The van der Waals surface area contributed by atoms with Gasteiger partial charge >= 0.3 is 0 Å². The summed E-state index contributed by atoms with van der Waals surface area (Å²) in [6.07, 6.45) is 0.946. The zero-order chi connectivity index (χ0) is 13.7. The monoisotopic (exact) mass is 276 g/mol. The molecular weight excluding hydrogens is 260 g/mol. The van der Waals surface area contributed by atoms with Gasteiger partial charge in [0, 0.05) is 0 Å². The highest BCUT2D eigenvalue weighted by Crippen LogP contribution is 2.33. The Hall–Kier alpha value is -1.87. The number of nitrogens with one attached hydrogen (secondary N) is 1. The standard InChI is InChI=1S/C15H17ClN2O/c1-2-10-19-14-9-5-8-13(15(14)17)18-12-7-4-3-6-11(12)16/h3-9,18H,2,10,17H2,1H3. The topological polar surface area (TPSA) is 47.3 Å². The van der Waals surface area contributed by atoms with Crippen molar-refractivity contribution in [2.45, 2.75) is 13.3 Å². The third kappa shape index (κ3) is 3.32. The summed E-state index contributed by atoms with van der Waals surface area (Å²) < 4.78 is 5.60. The quantitative estimate of drug-likeness (QED) is 0.793. The number of benzene rings is 2. The number of hydrogen-bond donors (Lipinski definition) is 2. The summed E-state index contributed by atoms with van der Waals surface area (Å²) in [5.41, 5.74) is 8.30. The highest BCUT2D eigenvalue weighted by molar-refractivity contribution is 6.33. The van der Waals surface area contributed by atoms with Gasteiger partial charge in [-0.05, 0) is 30.7 Å². The van der Waals surface area contributed by atoms with E-state index in [0.717, 1.165) is 17.8 Å². The first kappa shape index (κ1) is 13.6. The SMILES string of the molecule is CCCOc1cccc(Nc2ccccc2Cl)c1N. The van der Waals surface area contributed by atoms with Gasteiger partial charge < -0.3 is 15.8 Å². The van der Waals surface area contributed by atoms with Gasteiger partial charge in [-0.15, -0.1) is 0 Å². The average molecular weight is 277 g/mol. The van der Waals surface area contributed by atoms with Crippen LogP contribution in [0.25, 0.3) is 0 Å². The number of para-hydroxylation sites is 2. The van der Waals surface area contributed by atoms with E-state index >= 15 is 0 Å². The van der Waals surface area contributed by atoms with E-state index in [0.29, 0.717) is 23.1 Å². The van der Waals surface area contributed by atoms with E-state index in [9.17, 15) is 0 Å². The van der Waals surface area contributed by atoms with Gasteiger partial charge in [-0.2, -0.15) is 0 Å². The summed E-state index contributed by atoms with van der Waals surface area (Å²) in [6.45, 7) is 2.71. The molecule has 0 amide bonds. The molecule has 100 valence electrons. The van der Waals surface area contributed by atoms with E-state index in [1.165, 1.54) is 0 Å². The lowest BCUT2D eigenvalue weighted by atomic mass is 10.2. The molecule has 0 spiro atoms. The van der Waals surface area contributed by atoms with E-state index in [1.807, 2.05) is 42.5 Å². The number of hydrogen-bond acceptors (Lipinski definition) is 3. The molecule has 0 bridgehead atoms. The van der Waals surface area contributed by atoms with Crippen LogP contribution in [0.1, 0.15) is 13.3 Å². The molecule has 2 rings (SSSR count). The molecule has 3 N–H and O–H groups in total. The summed E-state index contributed by atoms with van der Waals surface area (Å²) >= 11 is 6.12. The predicted octanol–water partition coefficient (Wildman–Crippen LogP) is 4.45. The van der Waals surface area contributed by atoms with Crippen molar-refractivity contribution < 1.29 is 4.74 Å². The molecular formula is C15H17ClN2O. The van der Waals surface area contributed by atoms with E-state index in [-0.39, 0.29) is 0 Å². The number of nitrogen functional groups attached to an aromatic ring is 1. The molecule has 0 atom stereocenters. The first-order chi connectivity index (χ1) is 9.22. The van der Waals surface area contributed by atoms with E-state index in [2.05, 4.69) is 12.2 Å². The normalized spacial score (nSPS) is 10.2. The Morgan fingerprint density at radius 2 is 1.84 bits per heavy atom. The fourth-order valence-corrected chi connectivity index (χ4v) is 1.88. The fourth-order valence-electron chi connectivity index (χ4n) is 1.70. The van der Waals surface area contributed by atoms with Crippen molar-refractivity contribution >= 4 is 28.7 Å². The van der Waals surface area contributed by atoms with Gasteiger partial charge in [-0.25, -0.2) is 0 Å². The van der Waals surface area contributed by atoms with Crippen LogP contribution in [0.2, 0.25) is 5.02 Å². The van der Waals surface area contributed by atoms with E-state index in [4.69, 9.17) is 22.1 Å². The number of anilines is 3. The number of rotatable bonds is 5. The predicted molar refractivity (Wildman–Crippen MR) is 81.4 cm³/mol. The maximum absolute atomic E-state index is 6.12. The molecule has 0 radical (unpaired) electrons. The molecule has 0 fully saturated rings. The molecule has 3 nitrogen and oxygen atoms in total. The van der Waals surface area contributed by atoms with Crippen LogP contribution in [0.5, 0.6) is 5.75 Å². The minimum Gasteiger partial charge on any atom is -0.491 e. The number of nitrogens with two attached hydrogens (primary N) is 1. The molecule has 0 aromatic heterocycles. The van der Waals surface area contributed by atoms with Crippen molar-refractivity contribution in [3.63, 3.8) is 0 Å². The van der Waals surface area contributed by atoms with Crippen LogP contribution in [0.4, 0.5) is 17.1 Å². The fraction of sp³-hybridized carbons (Fsp3) is 0.200. The zero-order valence-electron chi connectivity index (χ0n) is 10.8. The number of ether oxygens (including phenoxy) is 1. The Balaban J connectivity index is 2.23. The summed E-state index contributed by atoms with van der Waals surface area (Å²) in [6, 6.07) is 13.2. The van der Waals surface area contributed by atoms with Crippen LogP contribution in [0.3, 0.4) is 0 Å². The van der Waals surface area contributed by atoms with Crippen LogP contribution < -0.4 is 15.8 Å². The van der Waals surface area contributed by atoms with Gasteiger partial charge in [-0.1, -0.05) is 36.7 Å². The second-order valence-corrected chi connectivity index (χ2v) is 4.58. The van der Waals surface area contributed by atoms with Crippen molar-refractivity contribution in [2.24, 2.45) is 0 Å². The Kier molecular flexibility index (Phi) is 4.53. The van der Waals surface area contributed by atoms with E-state index < -0.39 is 0 Å². The molecule has 2 aromatic carbocycles. The van der Waals surface area contributed by atoms with Crippen LogP contribution in [-0.4, -0.2) is 6.61 Å². The minimum absolute atomic E-state index is 0.593. The maximum atomic E-state index is 6.12. The van der Waals surface area contributed by atoms with Gasteiger partial charge in [0.1, 0.15) is 5.75 Å². The number of halogens is 1. The first-order valence-electron chi connectivity index (χ1n) is 6.25. The van der Waals surface area contributed by atoms with E-state index in [1.54, 1.807) is 0 Å². The summed E-state index contributed by atoms with van der Waals surface area (Å²) in [7, 11) is 0. The highest BCUT2D eigenvalue weighted by atomic mass is 35.5. The summed E-state index contributed by atoms with van der Waals surface area (Å²) in [5, 5.41) is 3.87. The average Bonchev–Trinajstić information content (AvgIpc) is 2.42. The third-order valence-corrected chi connectivity index (χ3v) is 3.00. The molecule has 0 saturated carbocycles. The van der Waals surface area contributed by atoms with Crippen molar-refractivity contribution in [2.75, 3.05) is 17.7 Å². The van der Waals surface area contributed by atoms with Gasteiger partial charge in [0.15, 0.2) is 0 Å². The Labute approximate surface area is 118 Å². The van der Waals surface area contributed by atoms with Crippen molar-refractivity contribution in [1.82, 2.24) is 0 Å². The van der Waals surface area contributed by atoms with Crippen molar-refractivity contribution in [3.8, 4) is 5.75 Å². The lowest BCUT2D eigenvalue weighted by Gasteiger charge is -2.14. The zero-order valence-corrected chi connectivity index (χ0v) is 11.6. The highest BCUT2D eigenvalue weighted by Gasteiger charge is 2.07. The second-order valence-electron chi connectivity index (χ2n) is 4.17. The molecule has 0 heterocycles. The second kappa shape index (κ2) is 6.34. The molecule has 0 aliphatic rings. The smallest absolute Gasteiger partial charge is 0.144 e. The Morgan fingerprint density at radius 1 is 1.11 bits per heavy atom. The summed E-state index contributed by atoms with van der Waals surface area (Å²) in [5.74, 6) is 0.693. The first-order valence-corrected chi connectivity index (χ1v) is 6.63. The maximum Gasteiger partial charge on any atom is 0.144 e. The molecule has 0 aliphatic heterocycles. The van der Waals surface area contributed by atoms with Crippen LogP contribution in [-0.2, 0) is 0 Å². The van der Waals surface area contributed by atoms with Gasteiger partial charge in [0.05, 0.1) is 28.7 Å². The van der Waals surface area contributed by atoms with Crippen molar-refractivity contribution in [3.05, 3.63) is 47.5 Å². The van der Waals surface area contributed by atoms with Gasteiger partial charge in [-0.3, -0.25) is 0 Å². The summed E-state index contributed by atoms with van der Waals surface area (Å²) in [4.78, 5) is 0. The lowest BCUT2D eigenvalue weighted by molar-refractivity contribution is 0.319. The molecule has 4 heteroatoms. The lowest BCUT2D eigenvalue weighted by Crippen LogP contribution is -2.02. The van der Waals surface area contributed by atoms with Gasteiger partial charge in [0.2, 0.25) is 0 Å². The molecule has 2 aromatic rings. The molecule has 0 unspecified atom stereocenters. The molecule has 0 aliphatic carbocycles. The third-order valence-electron chi connectivity index (χ3n) is 2.67. The van der Waals surface area contributed by atoms with Gasteiger partial charge in [0.25, 0.3) is 0 Å². The van der Waals surface area contributed by atoms with Crippen molar-refractivity contribution in [1.29, 1.82) is 0 Å². The van der Waals surface area contributed by atoms with Crippen LogP contribution >= 0.6 is 11.6 Å². The van der Waals surface area contributed by atoms with Crippen LogP contribution in [0, 0.1) is 0 Å². The van der Waals surface area contributed by atoms with Crippen LogP contribution in [0.15, 0.2) is 42.5 Å². The molecule has 19 heavy (non-hydrogen) atoms. The Bertz CT molecular complexity index is 558. The largest absolute Gasteiger partial charge is 0.491 e. The minimum atomic E-state index is 0.593.